The highest BCUT2D eigenvalue weighted by Gasteiger charge is 2.15. The van der Waals surface area contributed by atoms with Gasteiger partial charge in [0.25, 0.3) is 0 Å². The molecular formula is C10H14ClN3O2. The zero-order valence-electron chi connectivity index (χ0n) is 8.79. The van der Waals surface area contributed by atoms with E-state index in [4.69, 9.17) is 16.7 Å². The van der Waals surface area contributed by atoms with Crippen molar-refractivity contribution in [3.05, 3.63) is 22.5 Å². The third-order valence-electron chi connectivity index (χ3n) is 2.68. The van der Waals surface area contributed by atoms with Crippen molar-refractivity contribution in [1.82, 2.24) is 15.2 Å². The number of hydrogen-bond donors (Lipinski definition) is 3. The van der Waals surface area contributed by atoms with Gasteiger partial charge < -0.3 is 15.4 Å². The molecule has 1 aliphatic heterocycles. The Kier molecular flexibility index (Phi) is 3.48. The lowest BCUT2D eigenvalue weighted by Crippen LogP contribution is -2.42. The normalized spacial score (nSPS) is 17.6. The smallest absolute Gasteiger partial charge is 0.352 e. The van der Waals surface area contributed by atoms with E-state index in [-0.39, 0.29) is 5.69 Å². The minimum Gasteiger partial charge on any atom is -0.477 e. The minimum absolute atomic E-state index is 0.148. The molecule has 0 aliphatic carbocycles. The molecule has 0 radical (unpaired) electrons. The van der Waals surface area contributed by atoms with Crippen LogP contribution in [-0.4, -0.2) is 47.1 Å². The third-order valence-corrected chi connectivity index (χ3v) is 3.02. The first-order chi connectivity index (χ1) is 7.66. The van der Waals surface area contributed by atoms with E-state index in [0.29, 0.717) is 11.7 Å². The Morgan fingerprint density at radius 1 is 1.50 bits per heavy atom. The van der Waals surface area contributed by atoms with Gasteiger partial charge in [-0.3, -0.25) is 4.90 Å². The van der Waals surface area contributed by atoms with Crippen molar-refractivity contribution in [3.8, 4) is 0 Å². The number of nitrogens with zero attached hydrogens (tertiary/aromatic N) is 1. The summed E-state index contributed by atoms with van der Waals surface area (Å²) in [5.74, 6) is -0.978. The number of aromatic carboxylic acids is 1. The number of aromatic nitrogens is 1. The van der Waals surface area contributed by atoms with Crippen molar-refractivity contribution in [1.29, 1.82) is 0 Å². The molecule has 1 fully saturated rings. The molecule has 0 atom stereocenters. The summed E-state index contributed by atoms with van der Waals surface area (Å²) in [6, 6.07) is 1.60. The maximum absolute atomic E-state index is 10.7. The van der Waals surface area contributed by atoms with Crippen LogP contribution in [0.3, 0.4) is 0 Å². The summed E-state index contributed by atoms with van der Waals surface area (Å²) in [7, 11) is 0. The molecule has 1 aliphatic rings. The number of carbonyl (C=O) groups is 1. The molecule has 2 rings (SSSR count). The van der Waals surface area contributed by atoms with E-state index in [0.717, 1.165) is 31.7 Å². The number of carboxylic acid groups (broad SMARTS) is 1. The number of halogens is 1. The highest BCUT2D eigenvalue weighted by atomic mass is 35.5. The van der Waals surface area contributed by atoms with Gasteiger partial charge in [0.1, 0.15) is 10.8 Å². The lowest BCUT2D eigenvalue weighted by Gasteiger charge is -2.26. The Morgan fingerprint density at radius 3 is 2.75 bits per heavy atom. The van der Waals surface area contributed by atoms with Crippen LogP contribution in [-0.2, 0) is 6.54 Å². The molecule has 0 unspecified atom stereocenters. The van der Waals surface area contributed by atoms with Gasteiger partial charge in [-0.2, -0.15) is 0 Å². The van der Waals surface area contributed by atoms with Crippen LogP contribution >= 0.6 is 11.6 Å². The predicted molar refractivity (Wildman–Crippen MR) is 60.9 cm³/mol. The van der Waals surface area contributed by atoms with Gasteiger partial charge in [-0.25, -0.2) is 4.79 Å². The Morgan fingerprint density at radius 2 is 2.19 bits per heavy atom. The summed E-state index contributed by atoms with van der Waals surface area (Å²) in [4.78, 5) is 15.6. The quantitative estimate of drug-likeness (QED) is 0.734. The van der Waals surface area contributed by atoms with Crippen molar-refractivity contribution in [2.45, 2.75) is 6.54 Å². The zero-order chi connectivity index (χ0) is 11.5. The van der Waals surface area contributed by atoms with Gasteiger partial charge in [0, 0.05) is 38.3 Å². The molecular weight excluding hydrogens is 230 g/mol. The Bertz CT molecular complexity index is 385. The van der Waals surface area contributed by atoms with Crippen molar-refractivity contribution in [2.75, 3.05) is 26.2 Å². The molecule has 2 heterocycles. The van der Waals surface area contributed by atoms with Crippen molar-refractivity contribution >= 4 is 17.6 Å². The van der Waals surface area contributed by atoms with Gasteiger partial charge in [0.05, 0.1) is 0 Å². The van der Waals surface area contributed by atoms with Crippen LogP contribution in [0.15, 0.2) is 6.07 Å². The van der Waals surface area contributed by atoms with E-state index < -0.39 is 5.97 Å². The molecule has 0 aromatic carbocycles. The monoisotopic (exact) mass is 243 g/mol. The van der Waals surface area contributed by atoms with Crippen LogP contribution < -0.4 is 5.32 Å². The van der Waals surface area contributed by atoms with E-state index in [1.54, 1.807) is 6.07 Å². The van der Waals surface area contributed by atoms with Crippen molar-refractivity contribution in [3.63, 3.8) is 0 Å². The van der Waals surface area contributed by atoms with Gasteiger partial charge in [-0.15, -0.1) is 0 Å². The first-order valence-electron chi connectivity index (χ1n) is 5.20. The fourth-order valence-electron chi connectivity index (χ4n) is 1.81. The molecule has 1 aromatic rings. The first-order valence-corrected chi connectivity index (χ1v) is 5.58. The van der Waals surface area contributed by atoms with E-state index in [9.17, 15) is 4.79 Å². The number of carboxylic acids is 1. The maximum atomic E-state index is 10.7. The van der Waals surface area contributed by atoms with Crippen molar-refractivity contribution in [2.24, 2.45) is 0 Å². The molecule has 5 nitrogen and oxygen atoms in total. The highest BCUT2D eigenvalue weighted by molar-refractivity contribution is 6.30. The number of aromatic amines is 1. The van der Waals surface area contributed by atoms with Crippen LogP contribution in [0.2, 0.25) is 5.15 Å². The van der Waals surface area contributed by atoms with Crippen LogP contribution in [0.5, 0.6) is 0 Å². The topological polar surface area (TPSA) is 68.4 Å². The number of nitrogens with one attached hydrogen (secondary N) is 2. The molecule has 88 valence electrons. The van der Waals surface area contributed by atoms with Crippen LogP contribution in [0.4, 0.5) is 0 Å². The molecule has 1 saturated heterocycles. The summed E-state index contributed by atoms with van der Waals surface area (Å²) in [5, 5.41) is 12.5. The second-order valence-electron chi connectivity index (χ2n) is 3.85. The second kappa shape index (κ2) is 4.86. The van der Waals surface area contributed by atoms with Gasteiger partial charge in [-0.05, 0) is 6.07 Å². The summed E-state index contributed by atoms with van der Waals surface area (Å²) >= 11 is 5.95. The molecule has 0 bridgehead atoms. The van der Waals surface area contributed by atoms with E-state index in [1.807, 2.05) is 0 Å². The minimum atomic E-state index is -0.978. The molecule has 6 heteroatoms. The predicted octanol–water partition coefficient (Wildman–Crippen LogP) is 0.772. The lowest BCUT2D eigenvalue weighted by atomic mass is 10.2. The fraction of sp³-hybridized carbons (Fsp3) is 0.500. The molecule has 0 spiro atoms. The molecule has 0 amide bonds. The molecule has 16 heavy (non-hydrogen) atoms. The lowest BCUT2D eigenvalue weighted by molar-refractivity contribution is 0.0691. The average molecular weight is 244 g/mol. The Hall–Kier alpha value is -1.04. The van der Waals surface area contributed by atoms with E-state index in [1.165, 1.54) is 0 Å². The summed E-state index contributed by atoms with van der Waals surface area (Å²) in [6.07, 6.45) is 0. The standard InChI is InChI=1S/C10H14ClN3O2/c11-9-7(5-8(13-9)10(15)16)6-14-3-1-12-2-4-14/h5,12-13H,1-4,6H2,(H,15,16). The van der Waals surface area contributed by atoms with Gasteiger partial charge in [-0.1, -0.05) is 11.6 Å². The van der Waals surface area contributed by atoms with Gasteiger partial charge in [0.2, 0.25) is 0 Å². The molecule has 3 N–H and O–H groups in total. The largest absolute Gasteiger partial charge is 0.477 e. The van der Waals surface area contributed by atoms with Gasteiger partial charge in [0.15, 0.2) is 0 Å². The summed E-state index contributed by atoms with van der Waals surface area (Å²) in [5.41, 5.74) is 0.996. The summed E-state index contributed by atoms with van der Waals surface area (Å²) < 4.78 is 0. The number of hydrogen-bond acceptors (Lipinski definition) is 3. The van der Waals surface area contributed by atoms with Gasteiger partial charge >= 0.3 is 5.97 Å². The second-order valence-corrected chi connectivity index (χ2v) is 4.23. The number of piperazine rings is 1. The molecule has 0 saturated carbocycles. The van der Waals surface area contributed by atoms with E-state index in [2.05, 4.69) is 15.2 Å². The zero-order valence-corrected chi connectivity index (χ0v) is 9.55. The maximum Gasteiger partial charge on any atom is 0.352 e. The van der Waals surface area contributed by atoms with Crippen LogP contribution in [0, 0.1) is 0 Å². The molecule has 1 aromatic heterocycles. The Labute approximate surface area is 98.4 Å². The third kappa shape index (κ3) is 2.55. The Balaban J connectivity index is 2.05. The number of H-pyrrole nitrogens is 1. The first kappa shape index (κ1) is 11.4. The SMILES string of the molecule is O=C(O)c1cc(CN2CCNCC2)c(Cl)[nH]1. The summed E-state index contributed by atoms with van der Waals surface area (Å²) in [6.45, 7) is 4.56. The van der Waals surface area contributed by atoms with Crippen LogP contribution in [0.1, 0.15) is 16.1 Å². The van der Waals surface area contributed by atoms with Crippen molar-refractivity contribution < 1.29 is 9.90 Å². The highest BCUT2D eigenvalue weighted by Crippen LogP contribution is 2.18. The number of rotatable bonds is 3. The average Bonchev–Trinajstić information content (AvgIpc) is 2.62. The van der Waals surface area contributed by atoms with E-state index >= 15 is 0 Å². The fourth-order valence-corrected chi connectivity index (χ4v) is 2.03. The van der Waals surface area contributed by atoms with Crippen LogP contribution in [0.25, 0.3) is 0 Å².